The fraction of sp³-hybridized carbons (Fsp3) is 0.750. The predicted octanol–water partition coefficient (Wildman–Crippen LogP) is 2.60. The maximum Gasteiger partial charge on any atom is 0.134 e. The largest absolute Gasteiger partial charge is 0.381 e. The fourth-order valence-corrected chi connectivity index (χ4v) is 3.43. The molecule has 0 spiro atoms. The Balaban J connectivity index is 1.92. The summed E-state index contributed by atoms with van der Waals surface area (Å²) in [4.78, 5) is 9.52. The van der Waals surface area contributed by atoms with Crippen LogP contribution in [0.3, 0.4) is 0 Å². The van der Waals surface area contributed by atoms with E-state index in [0.717, 1.165) is 44.8 Å². The van der Waals surface area contributed by atoms with Crippen molar-refractivity contribution in [3.05, 3.63) is 23.3 Å². The van der Waals surface area contributed by atoms with Gasteiger partial charge in [0.25, 0.3) is 0 Å². The smallest absolute Gasteiger partial charge is 0.134 e. The molecule has 4 heteroatoms. The van der Waals surface area contributed by atoms with Gasteiger partial charge >= 0.3 is 0 Å². The first-order valence-corrected chi connectivity index (χ1v) is 7.76. The topological polar surface area (TPSA) is 47.0 Å². The Kier molecular flexibility index (Phi) is 3.78. The van der Waals surface area contributed by atoms with Gasteiger partial charge in [-0.05, 0) is 31.2 Å². The Labute approximate surface area is 121 Å². The van der Waals surface area contributed by atoms with Crippen molar-refractivity contribution in [3.8, 4) is 0 Å². The third kappa shape index (κ3) is 2.72. The van der Waals surface area contributed by atoms with Crippen LogP contribution in [0.5, 0.6) is 0 Å². The molecule has 1 aromatic rings. The first kappa shape index (κ1) is 14.0. The van der Waals surface area contributed by atoms with Gasteiger partial charge in [0.2, 0.25) is 0 Å². The predicted molar refractivity (Wildman–Crippen MR) is 78.7 cm³/mol. The van der Waals surface area contributed by atoms with Crippen LogP contribution < -0.4 is 5.32 Å². The molecule has 0 saturated carbocycles. The molecule has 2 unspecified atom stereocenters. The molecule has 0 aromatic carbocycles. The molecule has 1 fully saturated rings. The highest BCUT2D eigenvalue weighted by Gasteiger charge is 2.34. The van der Waals surface area contributed by atoms with Crippen LogP contribution in [-0.4, -0.2) is 29.7 Å². The molecule has 0 amide bonds. The summed E-state index contributed by atoms with van der Waals surface area (Å²) in [5, 5.41) is 3.58. The molecule has 3 rings (SSSR count). The van der Waals surface area contributed by atoms with Crippen molar-refractivity contribution in [3.63, 3.8) is 0 Å². The van der Waals surface area contributed by atoms with E-state index in [0.29, 0.717) is 17.4 Å². The molecule has 2 atom stereocenters. The Morgan fingerprint density at radius 2 is 2.30 bits per heavy atom. The van der Waals surface area contributed by atoms with E-state index in [4.69, 9.17) is 9.72 Å². The molecule has 0 radical (unpaired) electrons. The van der Waals surface area contributed by atoms with Gasteiger partial charge in [-0.25, -0.2) is 9.97 Å². The molecule has 2 heterocycles. The molecule has 1 N–H and O–H groups in total. The summed E-state index contributed by atoms with van der Waals surface area (Å²) in [7, 11) is 0. The van der Waals surface area contributed by atoms with Crippen molar-refractivity contribution in [2.75, 3.05) is 19.8 Å². The van der Waals surface area contributed by atoms with Crippen LogP contribution in [0.15, 0.2) is 6.20 Å². The number of hydrogen-bond donors (Lipinski definition) is 1. The van der Waals surface area contributed by atoms with E-state index >= 15 is 0 Å². The zero-order chi connectivity index (χ0) is 14.2. The van der Waals surface area contributed by atoms with Crippen LogP contribution in [0.4, 0.5) is 0 Å². The lowest BCUT2D eigenvalue weighted by Gasteiger charge is -2.36. The minimum atomic E-state index is 0.303. The average Bonchev–Trinajstić information content (AvgIpc) is 2.90. The molecule has 0 bridgehead atoms. The number of nitrogens with zero attached hydrogens (tertiary/aromatic N) is 2. The van der Waals surface area contributed by atoms with Gasteiger partial charge in [-0.2, -0.15) is 0 Å². The molecular formula is C16H25N3O. The van der Waals surface area contributed by atoms with Gasteiger partial charge < -0.3 is 10.1 Å². The fourth-order valence-electron chi connectivity index (χ4n) is 3.43. The van der Waals surface area contributed by atoms with E-state index in [2.05, 4.69) is 37.3 Å². The lowest BCUT2D eigenvalue weighted by Crippen LogP contribution is -2.34. The monoisotopic (exact) mass is 275 g/mol. The molecule has 1 aliphatic carbocycles. The van der Waals surface area contributed by atoms with Crippen molar-refractivity contribution in [1.29, 1.82) is 0 Å². The van der Waals surface area contributed by atoms with E-state index < -0.39 is 0 Å². The SMILES string of the molecule is CCNC1CC(C)(C)Cc2nc(C3CCOC3)ncc21. The van der Waals surface area contributed by atoms with Gasteiger partial charge in [0.05, 0.1) is 6.61 Å². The van der Waals surface area contributed by atoms with Crippen molar-refractivity contribution in [2.24, 2.45) is 5.41 Å². The molecule has 1 saturated heterocycles. The summed E-state index contributed by atoms with van der Waals surface area (Å²) in [5.74, 6) is 1.37. The van der Waals surface area contributed by atoms with Crippen molar-refractivity contribution < 1.29 is 4.74 Å². The van der Waals surface area contributed by atoms with Crippen molar-refractivity contribution >= 4 is 0 Å². The molecule has 110 valence electrons. The van der Waals surface area contributed by atoms with Gasteiger partial charge in [-0.1, -0.05) is 20.8 Å². The Bertz CT molecular complexity index is 481. The summed E-state index contributed by atoms with van der Waals surface area (Å²) in [6.45, 7) is 9.43. The van der Waals surface area contributed by atoms with Gasteiger partial charge in [0.15, 0.2) is 0 Å². The molecule has 2 aliphatic rings. The molecule has 20 heavy (non-hydrogen) atoms. The Morgan fingerprint density at radius 3 is 3.00 bits per heavy atom. The highest BCUT2D eigenvalue weighted by molar-refractivity contribution is 5.27. The average molecular weight is 275 g/mol. The number of fused-ring (bicyclic) bond motifs is 1. The van der Waals surface area contributed by atoms with Crippen LogP contribution >= 0.6 is 0 Å². The first-order chi connectivity index (χ1) is 9.59. The maximum atomic E-state index is 5.46. The highest BCUT2D eigenvalue weighted by atomic mass is 16.5. The zero-order valence-electron chi connectivity index (χ0n) is 12.8. The Hall–Kier alpha value is -1.00. The second kappa shape index (κ2) is 5.41. The van der Waals surface area contributed by atoms with E-state index in [1.54, 1.807) is 0 Å². The molecule has 1 aromatic heterocycles. The van der Waals surface area contributed by atoms with Crippen molar-refractivity contribution in [1.82, 2.24) is 15.3 Å². The number of aromatic nitrogens is 2. The number of hydrogen-bond acceptors (Lipinski definition) is 4. The maximum absolute atomic E-state index is 5.46. The van der Waals surface area contributed by atoms with Gasteiger partial charge in [-0.3, -0.25) is 0 Å². The molecule has 4 nitrogen and oxygen atoms in total. The normalized spacial score (nSPS) is 28.4. The minimum absolute atomic E-state index is 0.303. The standard InChI is InChI=1S/C16H25N3O/c1-4-17-13-7-16(2,3)8-14-12(13)9-18-15(19-14)11-5-6-20-10-11/h9,11,13,17H,4-8,10H2,1-3H3. The third-order valence-corrected chi connectivity index (χ3v) is 4.44. The minimum Gasteiger partial charge on any atom is -0.381 e. The summed E-state index contributed by atoms with van der Waals surface area (Å²) < 4.78 is 5.46. The number of ether oxygens (including phenoxy) is 1. The van der Waals surface area contributed by atoms with Crippen LogP contribution in [0.1, 0.15) is 62.7 Å². The van der Waals surface area contributed by atoms with Gasteiger partial charge in [-0.15, -0.1) is 0 Å². The summed E-state index contributed by atoms with van der Waals surface area (Å²) >= 11 is 0. The second-order valence-electron chi connectivity index (χ2n) is 6.85. The van der Waals surface area contributed by atoms with Crippen LogP contribution in [-0.2, 0) is 11.2 Å². The molecular weight excluding hydrogens is 250 g/mol. The summed E-state index contributed by atoms with van der Waals surface area (Å²) in [6.07, 6.45) is 5.31. The second-order valence-corrected chi connectivity index (χ2v) is 6.85. The zero-order valence-corrected chi connectivity index (χ0v) is 12.8. The van der Waals surface area contributed by atoms with Gasteiger partial charge in [0.1, 0.15) is 5.82 Å². The van der Waals surface area contributed by atoms with E-state index in [9.17, 15) is 0 Å². The Morgan fingerprint density at radius 1 is 1.45 bits per heavy atom. The lowest BCUT2D eigenvalue weighted by molar-refractivity contribution is 0.193. The van der Waals surface area contributed by atoms with Crippen LogP contribution in [0, 0.1) is 5.41 Å². The first-order valence-electron chi connectivity index (χ1n) is 7.76. The van der Waals surface area contributed by atoms with Gasteiger partial charge in [0, 0.05) is 36.0 Å². The lowest BCUT2D eigenvalue weighted by atomic mass is 9.74. The quantitative estimate of drug-likeness (QED) is 0.921. The van der Waals surface area contributed by atoms with E-state index in [1.807, 2.05) is 0 Å². The van der Waals surface area contributed by atoms with Crippen molar-refractivity contribution in [2.45, 2.75) is 52.0 Å². The number of rotatable bonds is 3. The highest BCUT2D eigenvalue weighted by Crippen LogP contribution is 2.40. The van der Waals surface area contributed by atoms with E-state index in [-0.39, 0.29) is 0 Å². The van der Waals surface area contributed by atoms with Crippen LogP contribution in [0.2, 0.25) is 0 Å². The van der Waals surface area contributed by atoms with Crippen LogP contribution in [0.25, 0.3) is 0 Å². The third-order valence-electron chi connectivity index (χ3n) is 4.44. The summed E-state index contributed by atoms with van der Waals surface area (Å²) in [5.41, 5.74) is 2.84. The number of nitrogens with one attached hydrogen (secondary N) is 1. The molecule has 1 aliphatic heterocycles. The summed E-state index contributed by atoms with van der Waals surface area (Å²) in [6, 6.07) is 0.396. The van der Waals surface area contributed by atoms with E-state index in [1.165, 1.54) is 11.3 Å².